The highest BCUT2D eigenvalue weighted by Crippen LogP contribution is 2.30. The molecule has 0 bridgehead atoms. The molecule has 0 aromatic heterocycles. The zero-order valence-corrected chi connectivity index (χ0v) is 10.3. The molecular weight excluding hydrogens is 228 g/mol. The summed E-state index contributed by atoms with van der Waals surface area (Å²) in [6.45, 7) is 1.03. The first-order valence-corrected chi connectivity index (χ1v) is 5.75. The van der Waals surface area contributed by atoms with E-state index in [1.54, 1.807) is 19.2 Å². The van der Waals surface area contributed by atoms with Crippen LogP contribution in [0.1, 0.15) is 0 Å². The van der Waals surface area contributed by atoms with Crippen molar-refractivity contribution in [2.45, 2.75) is 0 Å². The number of hydrogen-bond donors (Lipinski definition) is 0. The largest absolute Gasteiger partial charge is 0.487 e. The fourth-order valence-electron chi connectivity index (χ4n) is 1.45. The maximum Gasteiger partial charge on any atom is 0.169 e. The molecule has 0 aliphatic rings. The van der Waals surface area contributed by atoms with Crippen molar-refractivity contribution in [1.82, 2.24) is 0 Å². The maximum absolute atomic E-state index is 5.75. The molecule has 2 aromatic rings. The van der Waals surface area contributed by atoms with E-state index in [0.29, 0.717) is 24.7 Å². The Kier molecular flexibility index (Phi) is 4.61. The zero-order chi connectivity index (χ0) is 12.6. The molecular formula is C15H15O3. The SMILES string of the molecule is COCCOc1c[c]ccc1Oc1ccccc1. The molecule has 0 unspecified atom stereocenters. The second kappa shape index (κ2) is 6.67. The maximum atomic E-state index is 5.75. The molecule has 2 aromatic carbocycles. The predicted octanol–water partition coefficient (Wildman–Crippen LogP) is 3.30. The van der Waals surface area contributed by atoms with Crippen LogP contribution in [0, 0.1) is 6.07 Å². The van der Waals surface area contributed by atoms with Gasteiger partial charge in [0.05, 0.1) is 6.61 Å². The quantitative estimate of drug-likeness (QED) is 0.728. The van der Waals surface area contributed by atoms with Crippen molar-refractivity contribution in [3.05, 3.63) is 54.6 Å². The molecule has 0 saturated heterocycles. The van der Waals surface area contributed by atoms with Gasteiger partial charge in [-0.1, -0.05) is 24.3 Å². The van der Waals surface area contributed by atoms with E-state index in [1.165, 1.54) is 0 Å². The number of benzene rings is 2. The van der Waals surface area contributed by atoms with Gasteiger partial charge >= 0.3 is 0 Å². The van der Waals surface area contributed by atoms with E-state index in [2.05, 4.69) is 6.07 Å². The lowest BCUT2D eigenvalue weighted by atomic mass is 10.3. The lowest BCUT2D eigenvalue weighted by Gasteiger charge is -2.11. The second-order valence-corrected chi connectivity index (χ2v) is 3.63. The Hall–Kier alpha value is -2.00. The van der Waals surface area contributed by atoms with Crippen LogP contribution in [0.15, 0.2) is 48.5 Å². The number of methoxy groups -OCH3 is 1. The molecule has 0 aliphatic carbocycles. The third-order valence-corrected chi connectivity index (χ3v) is 2.30. The van der Waals surface area contributed by atoms with E-state index in [0.717, 1.165) is 5.75 Å². The van der Waals surface area contributed by atoms with Gasteiger partial charge in [-0.15, -0.1) is 0 Å². The van der Waals surface area contributed by atoms with E-state index in [1.807, 2.05) is 36.4 Å². The van der Waals surface area contributed by atoms with E-state index in [-0.39, 0.29) is 0 Å². The normalized spacial score (nSPS) is 10.1. The second-order valence-electron chi connectivity index (χ2n) is 3.63. The Morgan fingerprint density at radius 3 is 2.61 bits per heavy atom. The van der Waals surface area contributed by atoms with E-state index >= 15 is 0 Å². The number of ether oxygens (including phenoxy) is 3. The van der Waals surface area contributed by atoms with E-state index < -0.39 is 0 Å². The minimum absolute atomic E-state index is 0.486. The Morgan fingerprint density at radius 1 is 1.00 bits per heavy atom. The standard InChI is InChI=1S/C15H15O3/c1-16-11-12-17-14-9-5-6-10-15(14)18-13-7-3-2-4-8-13/h2-4,6-10H,11-12H2,1H3. The van der Waals surface area contributed by atoms with Gasteiger partial charge in [0.2, 0.25) is 0 Å². The average Bonchev–Trinajstić information content (AvgIpc) is 2.42. The van der Waals surface area contributed by atoms with Crippen molar-refractivity contribution >= 4 is 0 Å². The molecule has 93 valence electrons. The molecule has 3 nitrogen and oxygen atoms in total. The van der Waals surface area contributed by atoms with Gasteiger partial charge in [0.15, 0.2) is 11.5 Å². The summed E-state index contributed by atoms with van der Waals surface area (Å²) >= 11 is 0. The third-order valence-electron chi connectivity index (χ3n) is 2.30. The summed E-state index contributed by atoms with van der Waals surface area (Å²) in [7, 11) is 1.64. The Labute approximate surface area is 107 Å². The molecule has 2 rings (SSSR count). The van der Waals surface area contributed by atoms with Crippen molar-refractivity contribution in [2.75, 3.05) is 20.3 Å². The molecule has 0 heterocycles. The predicted molar refractivity (Wildman–Crippen MR) is 69.2 cm³/mol. The highest BCUT2D eigenvalue weighted by Gasteiger charge is 2.05. The highest BCUT2D eigenvalue weighted by molar-refractivity contribution is 5.42. The van der Waals surface area contributed by atoms with E-state index in [9.17, 15) is 0 Å². The molecule has 0 saturated carbocycles. The fraction of sp³-hybridized carbons (Fsp3) is 0.200. The van der Waals surface area contributed by atoms with Crippen LogP contribution in [0.2, 0.25) is 0 Å². The fourth-order valence-corrected chi connectivity index (χ4v) is 1.45. The number of para-hydroxylation sites is 1. The van der Waals surface area contributed by atoms with Crippen molar-refractivity contribution in [3.8, 4) is 17.2 Å². The molecule has 0 N–H and O–H groups in total. The molecule has 0 spiro atoms. The highest BCUT2D eigenvalue weighted by atomic mass is 16.5. The molecule has 0 amide bonds. The number of rotatable bonds is 6. The Morgan fingerprint density at radius 2 is 1.83 bits per heavy atom. The summed E-state index contributed by atoms with van der Waals surface area (Å²) < 4.78 is 16.3. The molecule has 0 atom stereocenters. The van der Waals surface area contributed by atoms with Crippen LogP contribution in [0.5, 0.6) is 17.2 Å². The average molecular weight is 243 g/mol. The topological polar surface area (TPSA) is 27.7 Å². The van der Waals surface area contributed by atoms with E-state index in [4.69, 9.17) is 14.2 Å². The van der Waals surface area contributed by atoms with Crippen LogP contribution in [-0.2, 0) is 4.74 Å². The van der Waals surface area contributed by atoms with Crippen molar-refractivity contribution in [1.29, 1.82) is 0 Å². The number of hydrogen-bond acceptors (Lipinski definition) is 3. The molecule has 0 aliphatic heterocycles. The van der Waals surface area contributed by atoms with Crippen LogP contribution in [0.3, 0.4) is 0 Å². The Bertz CT molecular complexity index is 468. The first-order chi connectivity index (χ1) is 8.90. The summed E-state index contributed by atoms with van der Waals surface area (Å²) in [6, 6.07) is 17.9. The monoisotopic (exact) mass is 243 g/mol. The summed E-state index contributed by atoms with van der Waals surface area (Å²) in [6.07, 6.45) is 0. The summed E-state index contributed by atoms with van der Waals surface area (Å²) in [5.74, 6) is 2.12. The van der Waals surface area contributed by atoms with Gasteiger partial charge in [0, 0.05) is 7.11 Å². The van der Waals surface area contributed by atoms with Gasteiger partial charge in [-0.3, -0.25) is 0 Å². The molecule has 18 heavy (non-hydrogen) atoms. The summed E-state index contributed by atoms with van der Waals surface area (Å²) in [5.41, 5.74) is 0. The van der Waals surface area contributed by atoms with Crippen molar-refractivity contribution in [2.24, 2.45) is 0 Å². The third kappa shape index (κ3) is 3.50. The van der Waals surface area contributed by atoms with Crippen LogP contribution in [0.25, 0.3) is 0 Å². The lowest BCUT2D eigenvalue weighted by Crippen LogP contribution is -2.05. The van der Waals surface area contributed by atoms with Crippen molar-refractivity contribution in [3.63, 3.8) is 0 Å². The lowest BCUT2D eigenvalue weighted by molar-refractivity contribution is 0.144. The minimum Gasteiger partial charge on any atom is -0.487 e. The van der Waals surface area contributed by atoms with Crippen molar-refractivity contribution < 1.29 is 14.2 Å². The summed E-state index contributed by atoms with van der Waals surface area (Å²) in [4.78, 5) is 0. The minimum atomic E-state index is 0.486. The molecule has 1 radical (unpaired) electrons. The smallest absolute Gasteiger partial charge is 0.169 e. The van der Waals surface area contributed by atoms with Gasteiger partial charge in [0.25, 0.3) is 0 Å². The van der Waals surface area contributed by atoms with Gasteiger partial charge < -0.3 is 14.2 Å². The molecule has 0 fully saturated rings. The van der Waals surface area contributed by atoms with Crippen LogP contribution in [0.4, 0.5) is 0 Å². The first-order valence-electron chi connectivity index (χ1n) is 5.75. The molecule has 3 heteroatoms. The van der Waals surface area contributed by atoms with Gasteiger partial charge in [0.1, 0.15) is 12.4 Å². The first kappa shape index (κ1) is 12.5. The van der Waals surface area contributed by atoms with Gasteiger partial charge in [-0.2, -0.15) is 0 Å². The van der Waals surface area contributed by atoms with Gasteiger partial charge in [-0.25, -0.2) is 0 Å². The van der Waals surface area contributed by atoms with Crippen LogP contribution >= 0.6 is 0 Å². The Balaban J connectivity index is 2.07. The van der Waals surface area contributed by atoms with Crippen LogP contribution in [-0.4, -0.2) is 20.3 Å². The van der Waals surface area contributed by atoms with Crippen LogP contribution < -0.4 is 9.47 Å². The van der Waals surface area contributed by atoms with Gasteiger partial charge in [-0.05, 0) is 30.3 Å². The summed E-state index contributed by atoms with van der Waals surface area (Å²) in [5, 5.41) is 0. The zero-order valence-electron chi connectivity index (χ0n) is 10.3.